The number of urea groups is 2. The largest absolute Gasteiger partial charge is 0.494 e. The van der Waals surface area contributed by atoms with Crippen molar-refractivity contribution in [3.05, 3.63) is 174 Å². The number of alkyl halides is 3. The summed E-state index contributed by atoms with van der Waals surface area (Å²) >= 11 is 0. The number of nitriles is 1. The fourth-order valence-corrected chi connectivity index (χ4v) is 17.7. The Bertz CT molecular complexity index is 5300. The van der Waals surface area contributed by atoms with E-state index < -0.39 is 47.0 Å². The molecule has 4 N–H and O–H groups in total. The van der Waals surface area contributed by atoms with Crippen molar-refractivity contribution in [2.24, 2.45) is 11.8 Å². The molecule has 16 rings (SSSR count). The molecule has 4 unspecified atom stereocenters. The molecule has 10 aromatic rings. The average Bonchev–Trinajstić information content (AvgIpc) is 1.35. The van der Waals surface area contributed by atoms with Crippen molar-refractivity contribution in [2.75, 3.05) is 73.9 Å². The lowest BCUT2D eigenvalue weighted by atomic mass is 9.75. The highest BCUT2D eigenvalue weighted by atomic mass is 19.4. The zero-order valence-electron chi connectivity index (χ0n) is 60.1. The number of imide groups is 2. The summed E-state index contributed by atoms with van der Waals surface area (Å²) in [4.78, 5) is 101. The van der Waals surface area contributed by atoms with E-state index >= 15 is 0 Å². The highest BCUT2D eigenvalue weighted by molar-refractivity contribution is 6.12. The number of benzene rings is 5. The van der Waals surface area contributed by atoms with E-state index in [1.54, 1.807) is 41.4 Å². The Kier molecular flexibility index (Phi) is 19.7. The number of rotatable bonds is 17. The van der Waals surface area contributed by atoms with Crippen LogP contribution < -0.4 is 40.5 Å². The number of amides is 8. The lowest BCUT2D eigenvalue weighted by molar-refractivity contribution is -0.137. The molecule has 6 aliphatic rings. The minimum absolute atomic E-state index is 0.0478. The fourth-order valence-electron chi connectivity index (χ4n) is 17.7. The lowest BCUT2D eigenvalue weighted by Crippen LogP contribution is -2.58. The van der Waals surface area contributed by atoms with Crippen molar-refractivity contribution in [1.82, 2.24) is 54.9 Å². The molecule has 4 aliphatic heterocycles. The van der Waals surface area contributed by atoms with Crippen molar-refractivity contribution in [3.8, 4) is 17.6 Å². The Morgan fingerprint density at radius 2 is 1.12 bits per heavy atom. The molecule has 5 aromatic carbocycles. The van der Waals surface area contributed by atoms with Crippen LogP contribution in [0.4, 0.5) is 49.9 Å². The number of likely N-dealkylation sites (tertiary alicyclic amines) is 2. The van der Waals surface area contributed by atoms with Gasteiger partial charge in [-0.2, -0.15) is 28.6 Å². The summed E-state index contributed by atoms with van der Waals surface area (Å²) in [5.41, 5.74) is 4.41. The lowest BCUT2D eigenvalue weighted by Gasteiger charge is -2.52. The van der Waals surface area contributed by atoms with E-state index in [-0.39, 0.29) is 96.3 Å². The Morgan fingerprint density at radius 1 is 0.569 bits per heavy atom. The van der Waals surface area contributed by atoms with E-state index in [0.717, 1.165) is 142 Å². The van der Waals surface area contributed by atoms with Gasteiger partial charge in [0.1, 0.15) is 23.4 Å². The van der Waals surface area contributed by atoms with Gasteiger partial charge in [0, 0.05) is 138 Å². The molecule has 5 aromatic heterocycles. The minimum atomic E-state index is -4.86. The topological polar surface area (TPSA) is 280 Å². The number of piperidine rings is 2. The summed E-state index contributed by atoms with van der Waals surface area (Å²) in [7, 11) is 2.96. The number of pyridine rings is 3. The van der Waals surface area contributed by atoms with Gasteiger partial charge >= 0.3 is 18.2 Å². The number of hydrogen-bond donors (Lipinski definition) is 4. The number of aromatic nitrogens is 7. The molecule has 8 amide bonds. The zero-order chi connectivity index (χ0) is 75.4. The van der Waals surface area contributed by atoms with Crippen LogP contribution >= 0.6 is 0 Å². The quantitative estimate of drug-likeness (QED) is 0.0617. The zero-order valence-corrected chi connectivity index (χ0v) is 60.1. The molecule has 109 heavy (non-hydrogen) atoms. The van der Waals surface area contributed by atoms with E-state index in [0.29, 0.717) is 57.7 Å². The van der Waals surface area contributed by atoms with Crippen molar-refractivity contribution < 1.29 is 55.8 Å². The van der Waals surface area contributed by atoms with Gasteiger partial charge in [0.2, 0.25) is 11.8 Å². The second-order valence-electron chi connectivity index (χ2n) is 29.8. The molecule has 560 valence electrons. The first-order chi connectivity index (χ1) is 52.8. The fraction of sp³-hybridized carbons (Fsp3) is 0.383. The predicted molar refractivity (Wildman–Crippen MR) is 400 cm³/mol. The molecule has 28 heteroatoms. The molecular weight excluding hydrogens is 1400 g/mol. The number of carbonyl (C=O) groups excluding carboxylic acids is 6. The van der Waals surface area contributed by atoms with Crippen LogP contribution in [0.15, 0.2) is 135 Å². The summed E-state index contributed by atoms with van der Waals surface area (Å²) in [5, 5.41) is 35.3. The van der Waals surface area contributed by atoms with Gasteiger partial charge in [-0.25, -0.2) is 14.0 Å². The second-order valence-corrected chi connectivity index (χ2v) is 29.8. The molecule has 0 spiro atoms. The second kappa shape index (κ2) is 30.0. The number of fused-ring (bicyclic) bond motifs is 4. The van der Waals surface area contributed by atoms with E-state index in [1.165, 1.54) is 36.7 Å². The smallest absolute Gasteiger partial charge is 0.416 e. The summed E-state index contributed by atoms with van der Waals surface area (Å²) < 4.78 is 70.9. The molecule has 0 bridgehead atoms. The van der Waals surface area contributed by atoms with E-state index in [1.807, 2.05) is 53.7 Å². The Morgan fingerprint density at radius 3 is 1.69 bits per heavy atom. The molecular formula is C81H80F4N16O8. The maximum atomic E-state index is 14.4. The summed E-state index contributed by atoms with van der Waals surface area (Å²) in [6.07, 6.45) is 20.3. The van der Waals surface area contributed by atoms with Gasteiger partial charge in [-0.05, 0) is 167 Å². The van der Waals surface area contributed by atoms with Gasteiger partial charge in [0.15, 0.2) is 0 Å². The number of nitrogens with one attached hydrogen (secondary N) is 4. The van der Waals surface area contributed by atoms with Gasteiger partial charge < -0.3 is 20.1 Å². The summed E-state index contributed by atoms with van der Waals surface area (Å²) in [6.45, 7) is 3.95. The molecule has 2 saturated carbocycles. The van der Waals surface area contributed by atoms with Crippen LogP contribution in [0.1, 0.15) is 157 Å². The number of methoxy groups -OCH3 is 2. The summed E-state index contributed by atoms with van der Waals surface area (Å²) in [5.74, 6) is -1.48. The monoisotopic (exact) mass is 1480 g/mol. The van der Waals surface area contributed by atoms with Gasteiger partial charge in [0.05, 0.1) is 89.2 Å². The van der Waals surface area contributed by atoms with Crippen LogP contribution in [-0.2, 0) is 15.8 Å². The van der Waals surface area contributed by atoms with Crippen molar-refractivity contribution in [2.45, 2.75) is 132 Å². The normalized spacial score (nSPS) is 22.5. The van der Waals surface area contributed by atoms with Crippen molar-refractivity contribution in [3.63, 3.8) is 0 Å². The first kappa shape index (κ1) is 71.8. The molecule has 9 heterocycles. The van der Waals surface area contributed by atoms with E-state index in [4.69, 9.17) is 24.7 Å². The number of nitrogens with zero attached hydrogens (tertiary/aromatic N) is 12. The molecule has 24 nitrogen and oxygen atoms in total. The van der Waals surface area contributed by atoms with Crippen LogP contribution in [0, 0.1) is 29.0 Å². The number of carbonyl (C=O) groups is 6. The van der Waals surface area contributed by atoms with Crippen molar-refractivity contribution in [1.29, 1.82) is 5.26 Å². The Balaban J connectivity index is 0.688. The number of anilines is 4. The minimum Gasteiger partial charge on any atom is -0.494 e. The third-order valence-electron chi connectivity index (χ3n) is 23.3. The van der Waals surface area contributed by atoms with Gasteiger partial charge in [-0.3, -0.25) is 73.7 Å². The van der Waals surface area contributed by atoms with Gasteiger partial charge in [-0.15, -0.1) is 0 Å². The average molecular weight is 1480 g/mol. The van der Waals surface area contributed by atoms with Crippen LogP contribution in [0.3, 0.4) is 0 Å². The Hall–Kier alpha value is -11.4. The van der Waals surface area contributed by atoms with Crippen molar-refractivity contribution >= 4 is 102 Å². The molecule has 6 fully saturated rings. The molecule has 4 atom stereocenters. The number of halogens is 4. The SMILES string of the molecule is COc1cc2nn(C3CCC(CN4CCC(c5ccc6c(N7CCC(=O)NC7=O)cncc6c5)CC4C4CC(c5cccc6c(N7CCC(=O)NC7=O)cncc56)CCN4CC4CCC(n5cc6cc(NC(=O)c7cncc(C#N)c7)c(OC)cc6n5)CC4)CC3)cc2cc1NC(=O)c1cc(F)cc(C(F)(F)F)c1. The van der Waals surface area contributed by atoms with Crippen LogP contribution in [0.5, 0.6) is 11.5 Å². The van der Waals surface area contributed by atoms with Crippen LogP contribution in [0.2, 0.25) is 0 Å². The van der Waals surface area contributed by atoms with E-state index in [2.05, 4.69) is 76.0 Å². The highest BCUT2D eigenvalue weighted by Gasteiger charge is 2.44. The first-order valence-electron chi connectivity index (χ1n) is 37.2. The number of ether oxygens (including phenoxy) is 2. The maximum absolute atomic E-state index is 14.4. The summed E-state index contributed by atoms with van der Waals surface area (Å²) in [6, 6.07) is 24.6. The van der Waals surface area contributed by atoms with Crippen LogP contribution in [0.25, 0.3) is 43.4 Å². The predicted octanol–water partition coefficient (Wildman–Crippen LogP) is 14.0. The standard InChI is InChI=1S/C81H80F4N16O8/c1-108-73-33-65-55(28-67(73)90-77(104)52-26-57(81(83,84)85)32-58(82)27-52)44-100(94-65)59-11-6-46(7-12-59)42-96-20-16-50(49-10-15-62-53(25-49)37-88-40-71(62)98-22-18-75(102)92-79(98)106)30-69(96)70-31-51(61-4-3-5-63-64(61)39-89-41-72(63)99-23-19-76(103)93-80(99)107)17-21-97(70)43-47-8-13-60(14-9-47)101-45-56-29-68(74(109-2)34-66(56)95-101)91-78(105)54-24-48(35-86)36-87-38-54/h3-5,10,15,24-29,32-34,36-41,44-47,50-51,59-60,69-70H,6-9,11-14,16-23,30-31,42-43H2,1-2H3,(H,90,104)(H,91,105)(H,92,102,106)(H,93,103,107). The van der Waals surface area contributed by atoms with E-state index in [9.17, 15) is 51.6 Å². The first-order valence-corrected chi connectivity index (χ1v) is 37.2. The number of hydrogen-bond acceptors (Lipinski definition) is 16. The Labute approximate surface area is 624 Å². The third-order valence-corrected chi connectivity index (χ3v) is 23.3. The van der Waals surface area contributed by atoms with Gasteiger partial charge in [-0.1, -0.05) is 30.3 Å². The molecule has 4 saturated heterocycles. The highest BCUT2D eigenvalue weighted by Crippen LogP contribution is 2.47. The maximum Gasteiger partial charge on any atom is 0.416 e. The van der Waals surface area contributed by atoms with Gasteiger partial charge in [0.25, 0.3) is 11.8 Å². The third kappa shape index (κ3) is 14.8. The molecule has 2 aliphatic carbocycles. The van der Waals surface area contributed by atoms with Crippen LogP contribution in [-0.4, -0.2) is 146 Å². The molecule has 0 radical (unpaired) electrons.